The monoisotopic (exact) mass is 358 g/mol. The summed E-state index contributed by atoms with van der Waals surface area (Å²) in [4.78, 5) is 2.18. The second-order valence-electron chi connectivity index (χ2n) is 4.82. The van der Waals surface area contributed by atoms with Gasteiger partial charge in [-0.2, -0.15) is 0 Å². The van der Waals surface area contributed by atoms with Gasteiger partial charge in [0.1, 0.15) is 37.9 Å². The van der Waals surface area contributed by atoms with E-state index >= 15 is 0 Å². The van der Waals surface area contributed by atoms with E-state index in [0.29, 0.717) is 26.4 Å². The molecule has 2 aromatic rings. The summed E-state index contributed by atoms with van der Waals surface area (Å²) in [6, 6.07) is 15.9. The van der Waals surface area contributed by atoms with Crippen LogP contribution in [0.15, 0.2) is 84.0 Å². The molecule has 5 heteroatoms. The second kappa shape index (κ2) is 11.1. The molecule has 0 N–H and O–H groups in total. The molecule has 0 atom stereocenters. The molecule has 0 amide bonds. The van der Waals surface area contributed by atoms with E-state index in [4.69, 9.17) is 18.9 Å². The molecule has 0 aliphatic heterocycles. The minimum Gasteiger partial charge on any atom is -0.498 e. The Hall–Kier alpha value is -2.53. The van der Waals surface area contributed by atoms with Gasteiger partial charge in [-0.1, -0.05) is 37.1 Å². The van der Waals surface area contributed by atoms with Gasteiger partial charge in [-0.25, -0.2) is 0 Å². The SMILES string of the molecule is C=COCCOc1cccc(Sc2cccc(OCCOC=C)c2)c1. The molecule has 0 bridgehead atoms. The Balaban J connectivity index is 1.90. The second-order valence-corrected chi connectivity index (χ2v) is 5.97. The standard InChI is InChI=1S/C20H22O4S/c1-3-21-11-13-23-17-7-5-9-19(15-17)25-20-10-6-8-18(16-20)24-14-12-22-4-2/h3-10,15-16H,1-2,11-14H2. The molecule has 0 aliphatic carbocycles. The average molecular weight is 358 g/mol. The molecule has 25 heavy (non-hydrogen) atoms. The van der Waals surface area contributed by atoms with Crippen LogP contribution in [0.1, 0.15) is 0 Å². The van der Waals surface area contributed by atoms with Crippen molar-refractivity contribution in [2.24, 2.45) is 0 Å². The number of benzene rings is 2. The highest BCUT2D eigenvalue weighted by Crippen LogP contribution is 2.31. The van der Waals surface area contributed by atoms with E-state index < -0.39 is 0 Å². The van der Waals surface area contributed by atoms with Crippen molar-refractivity contribution in [3.05, 3.63) is 74.2 Å². The summed E-state index contributed by atoms with van der Waals surface area (Å²) in [5.41, 5.74) is 0. The third kappa shape index (κ3) is 7.27. The minimum absolute atomic E-state index is 0.482. The highest BCUT2D eigenvalue weighted by atomic mass is 32.2. The molecular formula is C20H22O4S. The summed E-state index contributed by atoms with van der Waals surface area (Å²) in [5, 5.41) is 0. The molecule has 0 aliphatic rings. The quantitative estimate of drug-likeness (QED) is 0.398. The topological polar surface area (TPSA) is 36.9 Å². The largest absolute Gasteiger partial charge is 0.498 e. The first-order chi connectivity index (χ1) is 12.3. The minimum atomic E-state index is 0.482. The zero-order chi connectivity index (χ0) is 17.7. The van der Waals surface area contributed by atoms with Crippen molar-refractivity contribution in [2.75, 3.05) is 26.4 Å². The highest BCUT2D eigenvalue weighted by Gasteiger charge is 2.02. The predicted octanol–water partition coefficient (Wildman–Crippen LogP) is 4.92. The zero-order valence-corrected chi connectivity index (χ0v) is 14.9. The van der Waals surface area contributed by atoms with Crippen LogP contribution in [0.25, 0.3) is 0 Å². The Morgan fingerprint density at radius 1 is 0.720 bits per heavy atom. The van der Waals surface area contributed by atoms with E-state index in [0.717, 1.165) is 21.3 Å². The normalized spacial score (nSPS) is 9.92. The first-order valence-electron chi connectivity index (χ1n) is 7.90. The average Bonchev–Trinajstić information content (AvgIpc) is 2.63. The lowest BCUT2D eigenvalue weighted by molar-refractivity contribution is 0.179. The van der Waals surface area contributed by atoms with Gasteiger partial charge in [0.05, 0.1) is 12.5 Å². The summed E-state index contributed by atoms with van der Waals surface area (Å²) in [6.45, 7) is 8.93. The van der Waals surface area contributed by atoms with Crippen LogP contribution in [0, 0.1) is 0 Å². The summed E-state index contributed by atoms with van der Waals surface area (Å²) in [6.07, 6.45) is 2.82. The number of hydrogen-bond acceptors (Lipinski definition) is 5. The molecular weight excluding hydrogens is 336 g/mol. The Kier molecular flexibility index (Phi) is 8.35. The van der Waals surface area contributed by atoms with Gasteiger partial charge < -0.3 is 18.9 Å². The van der Waals surface area contributed by atoms with Gasteiger partial charge in [-0.3, -0.25) is 0 Å². The van der Waals surface area contributed by atoms with E-state index in [1.165, 1.54) is 12.5 Å². The molecule has 2 aromatic carbocycles. The lowest BCUT2D eigenvalue weighted by atomic mass is 10.3. The van der Waals surface area contributed by atoms with Crippen molar-refractivity contribution >= 4 is 11.8 Å². The van der Waals surface area contributed by atoms with E-state index in [9.17, 15) is 0 Å². The Labute approximate surface area is 153 Å². The maximum atomic E-state index is 5.65. The molecule has 4 nitrogen and oxygen atoms in total. The van der Waals surface area contributed by atoms with Gasteiger partial charge in [-0.15, -0.1) is 0 Å². The first-order valence-corrected chi connectivity index (χ1v) is 8.72. The van der Waals surface area contributed by atoms with Crippen LogP contribution in [0.3, 0.4) is 0 Å². The summed E-state index contributed by atoms with van der Waals surface area (Å²) in [5.74, 6) is 1.62. The molecule has 0 saturated carbocycles. The van der Waals surface area contributed by atoms with Crippen LogP contribution < -0.4 is 9.47 Å². The lowest BCUT2D eigenvalue weighted by Crippen LogP contribution is -2.03. The molecule has 0 spiro atoms. The zero-order valence-electron chi connectivity index (χ0n) is 14.1. The highest BCUT2D eigenvalue weighted by molar-refractivity contribution is 7.99. The van der Waals surface area contributed by atoms with Gasteiger partial charge in [0.25, 0.3) is 0 Å². The molecule has 0 aromatic heterocycles. The third-order valence-corrected chi connectivity index (χ3v) is 4.00. The lowest BCUT2D eigenvalue weighted by Gasteiger charge is -2.09. The fourth-order valence-corrected chi connectivity index (χ4v) is 2.89. The van der Waals surface area contributed by atoms with Crippen LogP contribution in [0.5, 0.6) is 11.5 Å². The Morgan fingerprint density at radius 2 is 1.20 bits per heavy atom. The molecule has 2 rings (SSSR count). The van der Waals surface area contributed by atoms with E-state index in [-0.39, 0.29) is 0 Å². The van der Waals surface area contributed by atoms with E-state index in [2.05, 4.69) is 13.2 Å². The van der Waals surface area contributed by atoms with Crippen LogP contribution in [0.4, 0.5) is 0 Å². The third-order valence-electron chi connectivity index (χ3n) is 3.02. The Morgan fingerprint density at radius 3 is 1.64 bits per heavy atom. The van der Waals surface area contributed by atoms with Crippen LogP contribution in [0.2, 0.25) is 0 Å². The van der Waals surface area contributed by atoms with Crippen molar-refractivity contribution < 1.29 is 18.9 Å². The maximum Gasteiger partial charge on any atom is 0.122 e. The van der Waals surface area contributed by atoms with Crippen molar-refractivity contribution in [3.8, 4) is 11.5 Å². The summed E-state index contributed by atoms with van der Waals surface area (Å²) >= 11 is 1.65. The van der Waals surface area contributed by atoms with Crippen molar-refractivity contribution in [1.29, 1.82) is 0 Å². The smallest absolute Gasteiger partial charge is 0.122 e. The van der Waals surface area contributed by atoms with E-state index in [1.54, 1.807) is 11.8 Å². The molecule has 0 saturated heterocycles. The van der Waals surface area contributed by atoms with Crippen molar-refractivity contribution in [3.63, 3.8) is 0 Å². The predicted molar refractivity (Wildman–Crippen MR) is 100 cm³/mol. The molecule has 0 unspecified atom stereocenters. The number of hydrogen-bond donors (Lipinski definition) is 0. The summed E-state index contributed by atoms with van der Waals surface area (Å²) < 4.78 is 21.4. The Bertz CT molecular complexity index is 615. The van der Waals surface area contributed by atoms with Gasteiger partial charge in [0, 0.05) is 9.79 Å². The molecule has 132 valence electrons. The van der Waals surface area contributed by atoms with E-state index in [1.807, 2.05) is 48.5 Å². The fraction of sp³-hybridized carbons (Fsp3) is 0.200. The van der Waals surface area contributed by atoms with Crippen LogP contribution in [-0.4, -0.2) is 26.4 Å². The molecule has 0 radical (unpaired) electrons. The van der Waals surface area contributed by atoms with Crippen LogP contribution in [-0.2, 0) is 9.47 Å². The van der Waals surface area contributed by atoms with Gasteiger partial charge in [-0.05, 0) is 36.4 Å². The summed E-state index contributed by atoms with van der Waals surface area (Å²) in [7, 11) is 0. The maximum absolute atomic E-state index is 5.65. The molecule has 0 heterocycles. The van der Waals surface area contributed by atoms with Gasteiger partial charge in [0.2, 0.25) is 0 Å². The number of ether oxygens (including phenoxy) is 4. The van der Waals surface area contributed by atoms with Crippen molar-refractivity contribution in [2.45, 2.75) is 9.79 Å². The first kappa shape index (κ1) is 18.8. The van der Waals surface area contributed by atoms with Crippen molar-refractivity contribution in [1.82, 2.24) is 0 Å². The van der Waals surface area contributed by atoms with Gasteiger partial charge in [0.15, 0.2) is 0 Å². The molecule has 0 fully saturated rings. The van der Waals surface area contributed by atoms with Crippen LogP contribution >= 0.6 is 11.8 Å². The van der Waals surface area contributed by atoms with Gasteiger partial charge >= 0.3 is 0 Å². The fourth-order valence-electron chi connectivity index (χ4n) is 1.97. The number of rotatable bonds is 12.